The van der Waals surface area contributed by atoms with Crippen molar-refractivity contribution < 1.29 is 9.53 Å². The molecule has 1 aliphatic heterocycles. The summed E-state index contributed by atoms with van der Waals surface area (Å²) in [6, 6.07) is 0. The molecule has 0 saturated carbocycles. The molecule has 5 nitrogen and oxygen atoms in total. The zero-order chi connectivity index (χ0) is 15.7. The lowest BCUT2D eigenvalue weighted by Crippen LogP contribution is -2.55. The molecular weight excluding hydrogens is 266 g/mol. The van der Waals surface area contributed by atoms with E-state index in [1.165, 1.54) is 6.42 Å². The number of nitrogens with one attached hydrogen (secondary N) is 1. The third-order valence-corrected chi connectivity index (χ3v) is 4.16. The minimum Gasteiger partial charge on any atom is -0.465 e. The minimum atomic E-state index is -0.492. The molecule has 1 fully saturated rings. The molecule has 0 aromatic rings. The van der Waals surface area contributed by atoms with Crippen LogP contribution in [0, 0.1) is 0 Å². The first kappa shape index (κ1) is 18.4. The summed E-state index contributed by atoms with van der Waals surface area (Å²) in [4.78, 5) is 17.1. The van der Waals surface area contributed by atoms with Crippen LogP contribution in [0.15, 0.2) is 0 Å². The van der Waals surface area contributed by atoms with Gasteiger partial charge >= 0.3 is 5.97 Å². The van der Waals surface area contributed by atoms with Gasteiger partial charge in [-0.15, -0.1) is 0 Å². The van der Waals surface area contributed by atoms with Gasteiger partial charge in [-0.1, -0.05) is 6.92 Å². The molecule has 0 radical (unpaired) electrons. The fourth-order valence-electron chi connectivity index (χ4n) is 2.97. The number of nitrogens with zero attached hydrogens (tertiary/aromatic N) is 2. The minimum absolute atomic E-state index is 0.0675. The third kappa shape index (κ3) is 5.93. The lowest BCUT2D eigenvalue weighted by molar-refractivity contribution is -0.152. The molecule has 1 rings (SSSR count). The number of rotatable bonds is 8. The Bertz CT molecular complexity index is 310. The van der Waals surface area contributed by atoms with Crippen LogP contribution in [-0.4, -0.2) is 74.7 Å². The molecule has 5 heteroatoms. The number of likely N-dealkylation sites (N-methyl/N-ethyl adjacent to an activating group) is 1. The predicted octanol–water partition coefficient (Wildman–Crippen LogP) is 1.34. The van der Waals surface area contributed by atoms with E-state index in [4.69, 9.17) is 4.74 Å². The number of esters is 1. The second kappa shape index (κ2) is 9.38. The monoisotopic (exact) mass is 299 g/mol. The van der Waals surface area contributed by atoms with Crippen LogP contribution in [0.2, 0.25) is 0 Å². The van der Waals surface area contributed by atoms with E-state index in [1.54, 1.807) is 0 Å². The van der Waals surface area contributed by atoms with Gasteiger partial charge in [0, 0.05) is 19.6 Å². The number of hydrogen-bond acceptors (Lipinski definition) is 5. The van der Waals surface area contributed by atoms with Crippen molar-refractivity contribution in [3.8, 4) is 0 Å². The summed E-state index contributed by atoms with van der Waals surface area (Å²) in [5.41, 5.74) is -0.492. The zero-order valence-corrected chi connectivity index (χ0v) is 14.3. The number of carbonyl (C=O) groups excluding carboxylic acids is 1. The van der Waals surface area contributed by atoms with Crippen LogP contribution < -0.4 is 5.32 Å². The van der Waals surface area contributed by atoms with Crippen molar-refractivity contribution in [2.75, 3.05) is 53.4 Å². The Hall–Kier alpha value is -0.650. The van der Waals surface area contributed by atoms with E-state index in [-0.39, 0.29) is 5.97 Å². The van der Waals surface area contributed by atoms with Crippen LogP contribution in [-0.2, 0) is 9.53 Å². The smallest absolute Gasteiger partial charge is 0.326 e. The molecule has 1 heterocycles. The third-order valence-electron chi connectivity index (χ3n) is 4.16. The van der Waals surface area contributed by atoms with Crippen molar-refractivity contribution in [2.45, 2.75) is 45.1 Å². The molecule has 0 amide bonds. The van der Waals surface area contributed by atoms with E-state index in [2.05, 4.69) is 36.1 Å². The van der Waals surface area contributed by atoms with Crippen LogP contribution in [0.4, 0.5) is 0 Å². The number of hydrogen-bond donors (Lipinski definition) is 1. The molecular formula is C16H33N3O2. The number of ether oxygens (including phenoxy) is 1. The molecule has 1 N–H and O–H groups in total. The molecule has 0 bridgehead atoms. The van der Waals surface area contributed by atoms with Gasteiger partial charge in [-0.2, -0.15) is 0 Å². The largest absolute Gasteiger partial charge is 0.465 e. The molecule has 1 unspecified atom stereocenters. The fraction of sp³-hybridized carbons (Fsp3) is 0.938. The molecule has 0 aromatic heterocycles. The highest BCUT2D eigenvalue weighted by Crippen LogP contribution is 2.24. The second-order valence-electron chi connectivity index (χ2n) is 6.23. The van der Waals surface area contributed by atoms with Crippen LogP contribution in [0.3, 0.4) is 0 Å². The maximum Gasteiger partial charge on any atom is 0.326 e. The first-order valence-corrected chi connectivity index (χ1v) is 8.33. The first-order valence-electron chi connectivity index (χ1n) is 8.33. The van der Waals surface area contributed by atoms with E-state index in [0.29, 0.717) is 6.61 Å². The quantitative estimate of drug-likeness (QED) is 0.685. The summed E-state index contributed by atoms with van der Waals surface area (Å²) in [6.45, 7) is 9.47. The molecule has 1 saturated heterocycles. The standard InChI is InChI=1S/C16H33N3O2/c1-5-11-19-12-7-8-16(9-13-19,15(20)21-6-2)17-10-14-18(3)4/h17H,5-14H2,1-4H3. The molecule has 0 aliphatic carbocycles. The van der Waals surface area contributed by atoms with E-state index in [1.807, 2.05) is 6.92 Å². The van der Waals surface area contributed by atoms with Gasteiger partial charge in [0.05, 0.1) is 6.61 Å². The van der Waals surface area contributed by atoms with Crippen molar-refractivity contribution in [1.29, 1.82) is 0 Å². The van der Waals surface area contributed by atoms with Crippen LogP contribution in [0.25, 0.3) is 0 Å². The highest BCUT2D eigenvalue weighted by Gasteiger charge is 2.40. The first-order chi connectivity index (χ1) is 10.0. The molecule has 0 spiro atoms. The summed E-state index contributed by atoms with van der Waals surface area (Å²) in [5, 5.41) is 3.51. The van der Waals surface area contributed by atoms with Gasteiger partial charge in [0.2, 0.25) is 0 Å². The molecule has 124 valence electrons. The summed E-state index contributed by atoms with van der Waals surface area (Å²) < 4.78 is 5.36. The molecule has 1 atom stereocenters. The highest BCUT2D eigenvalue weighted by molar-refractivity contribution is 5.81. The topological polar surface area (TPSA) is 44.8 Å². The molecule has 21 heavy (non-hydrogen) atoms. The summed E-state index contributed by atoms with van der Waals surface area (Å²) in [7, 11) is 4.10. The lowest BCUT2D eigenvalue weighted by atomic mass is 9.90. The van der Waals surface area contributed by atoms with Crippen molar-refractivity contribution in [1.82, 2.24) is 15.1 Å². The van der Waals surface area contributed by atoms with Gasteiger partial charge in [-0.25, -0.2) is 0 Å². The Balaban J connectivity index is 2.69. The fourth-order valence-corrected chi connectivity index (χ4v) is 2.97. The van der Waals surface area contributed by atoms with E-state index in [0.717, 1.165) is 52.0 Å². The maximum atomic E-state index is 12.5. The Kier molecular flexibility index (Phi) is 8.22. The summed E-state index contributed by atoms with van der Waals surface area (Å²) >= 11 is 0. The van der Waals surface area contributed by atoms with Gasteiger partial charge < -0.3 is 19.9 Å². The van der Waals surface area contributed by atoms with Gasteiger partial charge in [0.25, 0.3) is 0 Å². The van der Waals surface area contributed by atoms with E-state index < -0.39 is 5.54 Å². The van der Waals surface area contributed by atoms with Gasteiger partial charge in [-0.05, 0) is 59.8 Å². The Morgan fingerprint density at radius 2 is 2.05 bits per heavy atom. The van der Waals surface area contributed by atoms with Gasteiger partial charge in [0.1, 0.15) is 5.54 Å². The van der Waals surface area contributed by atoms with Crippen molar-refractivity contribution in [2.24, 2.45) is 0 Å². The molecule has 1 aliphatic rings. The van der Waals surface area contributed by atoms with E-state index >= 15 is 0 Å². The summed E-state index contributed by atoms with van der Waals surface area (Å²) in [5.74, 6) is -0.0675. The van der Waals surface area contributed by atoms with E-state index in [9.17, 15) is 4.79 Å². The predicted molar refractivity (Wildman–Crippen MR) is 86.5 cm³/mol. The molecule has 0 aromatic carbocycles. The van der Waals surface area contributed by atoms with Gasteiger partial charge in [-0.3, -0.25) is 4.79 Å². The van der Waals surface area contributed by atoms with Crippen LogP contribution in [0.1, 0.15) is 39.5 Å². The Labute approximate surface area is 130 Å². The average Bonchev–Trinajstić information content (AvgIpc) is 2.63. The Morgan fingerprint density at radius 1 is 1.29 bits per heavy atom. The normalized spacial score (nSPS) is 24.0. The highest BCUT2D eigenvalue weighted by atomic mass is 16.5. The van der Waals surface area contributed by atoms with Gasteiger partial charge in [0.15, 0.2) is 0 Å². The zero-order valence-electron chi connectivity index (χ0n) is 14.3. The summed E-state index contributed by atoms with van der Waals surface area (Å²) in [6.07, 6.45) is 3.94. The van der Waals surface area contributed by atoms with Crippen molar-refractivity contribution in [3.63, 3.8) is 0 Å². The number of carbonyl (C=O) groups is 1. The maximum absolute atomic E-state index is 12.5. The number of likely N-dealkylation sites (tertiary alicyclic amines) is 1. The van der Waals surface area contributed by atoms with Crippen LogP contribution in [0.5, 0.6) is 0 Å². The van der Waals surface area contributed by atoms with Crippen molar-refractivity contribution in [3.05, 3.63) is 0 Å². The SMILES string of the molecule is CCCN1CCCC(NCCN(C)C)(C(=O)OCC)CC1. The second-order valence-corrected chi connectivity index (χ2v) is 6.23. The van der Waals surface area contributed by atoms with Crippen molar-refractivity contribution >= 4 is 5.97 Å². The average molecular weight is 299 g/mol. The van der Waals surface area contributed by atoms with Crippen LogP contribution >= 0.6 is 0 Å². The Morgan fingerprint density at radius 3 is 2.67 bits per heavy atom. The lowest BCUT2D eigenvalue weighted by Gasteiger charge is -2.32.